The number of nitrogens with zero attached hydrogens (tertiary/aromatic N) is 2. The number of hydrogen-bond donors (Lipinski definition) is 0. The lowest BCUT2D eigenvalue weighted by atomic mass is 10.2. The molecular weight excluding hydrogens is 328 g/mol. The van der Waals surface area contributed by atoms with E-state index in [9.17, 15) is 8.42 Å². The first-order chi connectivity index (χ1) is 8.87. The first kappa shape index (κ1) is 16.2. The van der Waals surface area contributed by atoms with E-state index in [1.165, 1.54) is 4.31 Å². The van der Waals surface area contributed by atoms with E-state index in [1.807, 2.05) is 19.9 Å². The Morgan fingerprint density at radius 2 is 2.11 bits per heavy atom. The summed E-state index contributed by atoms with van der Waals surface area (Å²) in [6, 6.07) is 8.61. The van der Waals surface area contributed by atoms with Crippen molar-refractivity contribution < 1.29 is 8.42 Å². The molecule has 104 valence electrons. The molecule has 0 heterocycles. The molecule has 0 N–H and O–H groups in total. The topological polar surface area (TPSA) is 61.2 Å². The van der Waals surface area contributed by atoms with E-state index in [1.54, 1.807) is 24.3 Å². The van der Waals surface area contributed by atoms with Crippen molar-refractivity contribution in [3.63, 3.8) is 0 Å². The second kappa shape index (κ2) is 7.04. The average molecular weight is 345 g/mol. The SMILES string of the molecule is CC(C)CN(CCC#N)S(=O)(=O)c1cccc(Br)c1. The highest BCUT2D eigenvalue weighted by Gasteiger charge is 2.24. The van der Waals surface area contributed by atoms with Crippen LogP contribution in [0.15, 0.2) is 33.6 Å². The smallest absolute Gasteiger partial charge is 0.207 e. The van der Waals surface area contributed by atoms with Gasteiger partial charge in [-0.1, -0.05) is 35.8 Å². The molecule has 6 heteroatoms. The fourth-order valence-corrected chi connectivity index (χ4v) is 3.87. The van der Waals surface area contributed by atoms with Crippen molar-refractivity contribution in [2.24, 2.45) is 5.92 Å². The number of benzene rings is 1. The third-order valence-corrected chi connectivity index (χ3v) is 4.83. The highest BCUT2D eigenvalue weighted by molar-refractivity contribution is 9.10. The molecule has 0 atom stereocenters. The van der Waals surface area contributed by atoms with Crippen molar-refractivity contribution >= 4 is 26.0 Å². The summed E-state index contributed by atoms with van der Waals surface area (Å²) in [6.45, 7) is 4.55. The van der Waals surface area contributed by atoms with Crippen molar-refractivity contribution in [2.75, 3.05) is 13.1 Å². The summed E-state index contributed by atoms with van der Waals surface area (Å²) in [5.41, 5.74) is 0. The second-order valence-corrected chi connectivity index (χ2v) is 7.48. The van der Waals surface area contributed by atoms with Crippen LogP contribution in [0.5, 0.6) is 0 Å². The fraction of sp³-hybridized carbons (Fsp3) is 0.462. The normalized spacial score (nSPS) is 11.8. The van der Waals surface area contributed by atoms with E-state index in [4.69, 9.17) is 5.26 Å². The summed E-state index contributed by atoms with van der Waals surface area (Å²) in [7, 11) is -3.54. The lowest BCUT2D eigenvalue weighted by Crippen LogP contribution is -2.35. The molecule has 0 radical (unpaired) electrons. The van der Waals surface area contributed by atoms with E-state index in [2.05, 4.69) is 15.9 Å². The predicted octanol–water partition coefficient (Wildman–Crippen LogP) is 3.01. The Morgan fingerprint density at radius 3 is 2.63 bits per heavy atom. The van der Waals surface area contributed by atoms with Gasteiger partial charge in [-0.05, 0) is 24.1 Å². The van der Waals surface area contributed by atoms with Gasteiger partial charge in [-0.25, -0.2) is 8.42 Å². The Labute approximate surface area is 123 Å². The second-order valence-electron chi connectivity index (χ2n) is 4.62. The molecule has 0 saturated carbocycles. The van der Waals surface area contributed by atoms with E-state index in [0.29, 0.717) is 6.54 Å². The third kappa shape index (κ3) is 4.60. The first-order valence-electron chi connectivity index (χ1n) is 6.00. The number of hydrogen-bond acceptors (Lipinski definition) is 3. The molecule has 1 rings (SSSR count). The molecule has 0 aliphatic rings. The monoisotopic (exact) mass is 344 g/mol. The van der Waals surface area contributed by atoms with Crippen molar-refractivity contribution in [2.45, 2.75) is 25.2 Å². The van der Waals surface area contributed by atoms with Gasteiger partial charge in [0.15, 0.2) is 0 Å². The molecule has 19 heavy (non-hydrogen) atoms. The average Bonchev–Trinajstić information content (AvgIpc) is 2.34. The minimum absolute atomic E-state index is 0.194. The molecule has 0 unspecified atom stereocenters. The van der Waals surface area contributed by atoms with Crippen LogP contribution in [-0.2, 0) is 10.0 Å². The van der Waals surface area contributed by atoms with Gasteiger partial charge in [0.1, 0.15) is 0 Å². The van der Waals surface area contributed by atoms with Gasteiger partial charge >= 0.3 is 0 Å². The van der Waals surface area contributed by atoms with Gasteiger partial charge in [-0.15, -0.1) is 0 Å². The summed E-state index contributed by atoms with van der Waals surface area (Å²) >= 11 is 3.27. The zero-order valence-electron chi connectivity index (χ0n) is 11.0. The van der Waals surface area contributed by atoms with Gasteiger partial charge in [-0.3, -0.25) is 0 Å². The van der Waals surface area contributed by atoms with E-state index >= 15 is 0 Å². The van der Waals surface area contributed by atoms with Crippen LogP contribution in [0.1, 0.15) is 20.3 Å². The van der Waals surface area contributed by atoms with Crippen LogP contribution in [0.25, 0.3) is 0 Å². The summed E-state index contributed by atoms with van der Waals surface area (Å²) in [5.74, 6) is 0.209. The minimum atomic E-state index is -3.54. The molecule has 0 aromatic heterocycles. The van der Waals surface area contributed by atoms with Crippen molar-refractivity contribution in [1.29, 1.82) is 5.26 Å². The van der Waals surface area contributed by atoms with Crippen LogP contribution in [0.3, 0.4) is 0 Å². The maximum Gasteiger partial charge on any atom is 0.243 e. The van der Waals surface area contributed by atoms with Crippen molar-refractivity contribution in [3.05, 3.63) is 28.7 Å². The molecule has 0 bridgehead atoms. The number of rotatable bonds is 6. The van der Waals surface area contributed by atoms with Gasteiger partial charge in [0.05, 0.1) is 11.0 Å². The largest absolute Gasteiger partial charge is 0.243 e. The Hall–Kier alpha value is -0.900. The van der Waals surface area contributed by atoms with Crippen LogP contribution in [0, 0.1) is 17.2 Å². The van der Waals surface area contributed by atoms with Gasteiger partial charge in [-0.2, -0.15) is 9.57 Å². The number of nitriles is 1. The third-order valence-electron chi connectivity index (χ3n) is 2.48. The van der Waals surface area contributed by atoms with Crippen LogP contribution in [0.4, 0.5) is 0 Å². The molecule has 0 spiro atoms. The van der Waals surface area contributed by atoms with Crippen LogP contribution < -0.4 is 0 Å². The number of halogens is 1. The minimum Gasteiger partial charge on any atom is -0.207 e. The fourth-order valence-electron chi connectivity index (χ4n) is 1.67. The highest BCUT2D eigenvalue weighted by Crippen LogP contribution is 2.21. The maximum atomic E-state index is 12.5. The van der Waals surface area contributed by atoms with E-state index < -0.39 is 10.0 Å². The van der Waals surface area contributed by atoms with Gasteiger partial charge in [0, 0.05) is 24.0 Å². The lowest BCUT2D eigenvalue weighted by Gasteiger charge is -2.23. The molecule has 0 fully saturated rings. The van der Waals surface area contributed by atoms with E-state index in [0.717, 1.165) is 4.47 Å². The Kier molecular flexibility index (Phi) is 5.98. The van der Waals surface area contributed by atoms with Crippen molar-refractivity contribution in [1.82, 2.24) is 4.31 Å². The van der Waals surface area contributed by atoms with Crippen LogP contribution in [0.2, 0.25) is 0 Å². The summed E-state index contributed by atoms with van der Waals surface area (Å²) < 4.78 is 27.1. The maximum absolute atomic E-state index is 12.5. The molecular formula is C13H17BrN2O2S. The van der Waals surface area contributed by atoms with Gasteiger partial charge in [0.2, 0.25) is 10.0 Å². The molecule has 0 aliphatic carbocycles. The molecule has 0 aliphatic heterocycles. The van der Waals surface area contributed by atoms with Crippen LogP contribution in [-0.4, -0.2) is 25.8 Å². The summed E-state index contributed by atoms with van der Waals surface area (Å²) in [4.78, 5) is 0.250. The molecule has 1 aromatic rings. The standard InChI is InChI=1S/C13H17BrN2O2S/c1-11(2)10-16(8-4-7-15)19(17,18)13-6-3-5-12(14)9-13/h3,5-6,9,11H,4,8,10H2,1-2H3. The Balaban J connectivity index is 3.08. The van der Waals surface area contributed by atoms with Crippen molar-refractivity contribution in [3.8, 4) is 6.07 Å². The zero-order chi connectivity index (χ0) is 14.5. The summed E-state index contributed by atoms with van der Waals surface area (Å²) in [6.07, 6.45) is 0.194. The molecule has 0 amide bonds. The lowest BCUT2D eigenvalue weighted by molar-refractivity contribution is 0.373. The predicted molar refractivity (Wildman–Crippen MR) is 78.0 cm³/mol. The van der Waals surface area contributed by atoms with Gasteiger partial charge < -0.3 is 0 Å². The van der Waals surface area contributed by atoms with E-state index in [-0.39, 0.29) is 23.8 Å². The Bertz CT molecular complexity index is 564. The zero-order valence-corrected chi connectivity index (χ0v) is 13.4. The highest BCUT2D eigenvalue weighted by atomic mass is 79.9. The van der Waals surface area contributed by atoms with Crippen LogP contribution >= 0.6 is 15.9 Å². The number of sulfonamides is 1. The first-order valence-corrected chi connectivity index (χ1v) is 8.24. The molecule has 1 aromatic carbocycles. The quantitative estimate of drug-likeness (QED) is 0.796. The molecule has 0 saturated heterocycles. The Morgan fingerprint density at radius 1 is 1.42 bits per heavy atom. The molecule has 4 nitrogen and oxygen atoms in total. The van der Waals surface area contributed by atoms with Gasteiger partial charge in [0.25, 0.3) is 0 Å². The summed E-state index contributed by atoms with van der Waals surface area (Å²) in [5, 5.41) is 8.65.